The number of nitrogens with zero attached hydrogens (tertiary/aromatic N) is 2. The number of nitrogen functional groups attached to an aromatic ring is 1. The Morgan fingerprint density at radius 3 is 2.86 bits per heavy atom. The molecule has 1 aromatic rings. The molecule has 0 aliphatic heterocycles. The minimum Gasteiger partial charge on any atom is -0.474 e. The largest absolute Gasteiger partial charge is 0.474 e. The molecule has 14 heavy (non-hydrogen) atoms. The molecule has 2 rings (SSSR count). The molecule has 3 N–H and O–H groups in total. The second kappa shape index (κ2) is 3.79. The van der Waals surface area contributed by atoms with Crippen molar-refractivity contribution in [2.45, 2.75) is 32.3 Å². The maximum atomic E-state index is 5.68. The van der Waals surface area contributed by atoms with E-state index in [2.05, 4.69) is 15.4 Å². The van der Waals surface area contributed by atoms with Crippen LogP contribution in [0.2, 0.25) is 0 Å². The SMILES string of the molecule is Cc1c(NN)ncnc1OC1CCC1. The molecule has 0 bridgehead atoms. The van der Waals surface area contributed by atoms with Gasteiger partial charge in [0.05, 0.1) is 5.56 Å². The predicted molar refractivity (Wildman–Crippen MR) is 52.8 cm³/mol. The van der Waals surface area contributed by atoms with E-state index < -0.39 is 0 Å². The van der Waals surface area contributed by atoms with Gasteiger partial charge in [0, 0.05) is 0 Å². The van der Waals surface area contributed by atoms with Gasteiger partial charge in [0.15, 0.2) is 0 Å². The molecule has 0 amide bonds. The first-order valence-electron chi connectivity index (χ1n) is 4.76. The van der Waals surface area contributed by atoms with Crippen molar-refractivity contribution in [1.82, 2.24) is 9.97 Å². The van der Waals surface area contributed by atoms with Gasteiger partial charge in [-0.3, -0.25) is 0 Å². The van der Waals surface area contributed by atoms with Gasteiger partial charge in [0.25, 0.3) is 0 Å². The molecule has 1 fully saturated rings. The third kappa shape index (κ3) is 1.63. The fourth-order valence-corrected chi connectivity index (χ4v) is 1.34. The van der Waals surface area contributed by atoms with Gasteiger partial charge < -0.3 is 10.2 Å². The molecule has 0 radical (unpaired) electrons. The van der Waals surface area contributed by atoms with Gasteiger partial charge in [-0.2, -0.15) is 0 Å². The number of nitrogens with two attached hydrogens (primary N) is 1. The second-order valence-corrected chi connectivity index (χ2v) is 3.47. The van der Waals surface area contributed by atoms with E-state index in [-0.39, 0.29) is 0 Å². The Kier molecular flexibility index (Phi) is 2.49. The third-order valence-electron chi connectivity index (χ3n) is 2.51. The van der Waals surface area contributed by atoms with Gasteiger partial charge in [-0.15, -0.1) is 0 Å². The zero-order valence-electron chi connectivity index (χ0n) is 8.16. The van der Waals surface area contributed by atoms with Crippen LogP contribution in [-0.4, -0.2) is 16.1 Å². The lowest BCUT2D eigenvalue weighted by atomic mass is 9.96. The maximum absolute atomic E-state index is 5.68. The lowest BCUT2D eigenvalue weighted by Gasteiger charge is -2.26. The molecule has 1 saturated carbocycles. The number of hydrogen-bond acceptors (Lipinski definition) is 5. The molecule has 1 heterocycles. The van der Waals surface area contributed by atoms with Crippen LogP contribution in [0.1, 0.15) is 24.8 Å². The first-order chi connectivity index (χ1) is 6.81. The summed E-state index contributed by atoms with van der Waals surface area (Å²) in [5.41, 5.74) is 3.38. The maximum Gasteiger partial charge on any atom is 0.221 e. The summed E-state index contributed by atoms with van der Waals surface area (Å²) in [6.07, 6.45) is 5.27. The monoisotopic (exact) mass is 194 g/mol. The smallest absolute Gasteiger partial charge is 0.221 e. The standard InChI is InChI=1S/C9H14N4O/c1-6-8(13-10)11-5-12-9(6)14-7-3-2-4-7/h5,7H,2-4,10H2,1H3,(H,11,12,13). The van der Waals surface area contributed by atoms with Crippen molar-refractivity contribution in [3.8, 4) is 5.88 Å². The van der Waals surface area contributed by atoms with Crippen LogP contribution < -0.4 is 16.0 Å². The summed E-state index contributed by atoms with van der Waals surface area (Å²) in [6.45, 7) is 1.89. The number of ether oxygens (including phenoxy) is 1. The van der Waals surface area contributed by atoms with E-state index in [1.807, 2.05) is 6.92 Å². The molecule has 0 aromatic carbocycles. The minimum absolute atomic E-state index is 0.328. The first-order valence-corrected chi connectivity index (χ1v) is 4.76. The Morgan fingerprint density at radius 1 is 1.50 bits per heavy atom. The van der Waals surface area contributed by atoms with Gasteiger partial charge in [0.1, 0.15) is 18.2 Å². The molecule has 1 aromatic heterocycles. The third-order valence-corrected chi connectivity index (χ3v) is 2.51. The molecular weight excluding hydrogens is 180 g/mol. The zero-order chi connectivity index (χ0) is 9.97. The van der Waals surface area contributed by atoms with E-state index in [0.29, 0.717) is 17.8 Å². The van der Waals surface area contributed by atoms with Crippen LogP contribution in [0.25, 0.3) is 0 Å². The Morgan fingerprint density at radius 2 is 2.29 bits per heavy atom. The summed E-state index contributed by atoms with van der Waals surface area (Å²) >= 11 is 0. The van der Waals surface area contributed by atoms with Gasteiger partial charge in [-0.25, -0.2) is 15.8 Å². The van der Waals surface area contributed by atoms with Crippen molar-refractivity contribution in [2.75, 3.05) is 5.43 Å². The average Bonchev–Trinajstić information content (AvgIpc) is 2.13. The summed E-state index contributed by atoms with van der Waals surface area (Å²) in [7, 11) is 0. The lowest BCUT2D eigenvalue weighted by Crippen LogP contribution is -2.25. The van der Waals surface area contributed by atoms with Gasteiger partial charge >= 0.3 is 0 Å². The van der Waals surface area contributed by atoms with Crippen molar-refractivity contribution in [2.24, 2.45) is 5.84 Å². The molecule has 0 saturated heterocycles. The van der Waals surface area contributed by atoms with Crippen LogP contribution in [0.3, 0.4) is 0 Å². The summed E-state index contributed by atoms with van der Waals surface area (Å²) in [4.78, 5) is 8.06. The number of nitrogens with one attached hydrogen (secondary N) is 1. The van der Waals surface area contributed by atoms with E-state index in [0.717, 1.165) is 18.4 Å². The zero-order valence-corrected chi connectivity index (χ0v) is 8.16. The van der Waals surface area contributed by atoms with E-state index in [1.54, 1.807) is 0 Å². The van der Waals surface area contributed by atoms with Crippen molar-refractivity contribution >= 4 is 5.82 Å². The van der Waals surface area contributed by atoms with E-state index in [9.17, 15) is 0 Å². The summed E-state index contributed by atoms with van der Waals surface area (Å²) in [5, 5.41) is 0. The molecule has 0 unspecified atom stereocenters. The van der Waals surface area contributed by atoms with Crippen LogP contribution in [0.5, 0.6) is 5.88 Å². The van der Waals surface area contributed by atoms with Crippen LogP contribution in [0.4, 0.5) is 5.82 Å². The molecule has 5 heteroatoms. The molecular formula is C9H14N4O. The number of rotatable bonds is 3. The van der Waals surface area contributed by atoms with Crippen LogP contribution in [-0.2, 0) is 0 Å². The van der Waals surface area contributed by atoms with Crippen LogP contribution in [0.15, 0.2) is 6.33 Å². The number of aromatic nitrogens is 2. The lowest BCUT2D eigenvalue weighted by molar-refractivity contribution is 0.113. The van der Waals surface area contributed by atoms with E-state index >= 15 is 0 Å². The van der Waals surface area contributed by atoms with Crippen molar-refractivity contribution in [3.05, 3.63) is 11.9 Å². The molecule has 1 aliphatic carbocycles. The molecule has 0 spiro atoms. The Bertz CT molecular complexity index is 325. The molecule has 0 atom stereocenters. The first kappa shape index (κ1) is 9.21. The fraction of sp³-hybridized carbons (Fsp3) is 0.556. The highest BCUT2D eigenvalue weighted by molar-refractivity contribution is 5.46. The highest BCUT2D eigenvalue weighted by Crippen LogP contribution is 2.27. The minimum atomic E-state index is 0.328. The van der Waals surface area contributed by atoms with Gasteiger partial charge in [-0.1, -0.05) is 0 Å². The van der Waals surface area contributed by atoms with Crippen LogP contribution in [0, 0.1) is 6.92 Å². The van der Waals surface area contributed by atoms with Crippen LogP contribution >= 0.6 is 0 Å². The van der Waals surface area contributed by atoms with Crippen molar-refractivity contribution in [1.29, 1.82) is 0 Å². The summed E-state index contributed by atoms with van der Waals surface area (Å²) in [5.74, 6) is 6.56. The Labute approximate surface area is 82.7 Å². The number of hydrazine groups is 1. The Balaban J connectivity index is 2.15. The van der Waals surface area contributed by atoms with Crippen molar-refractivity contribution < 1.29 is 4.74 Å². The van der Waals surface area contributed by atoms with Gasteiger partial charge in [0.2, 0.25) is 5.88 Å². The molecule has 5 nitrogen and oxygen atoms in total. The molecule has 76 valence electrons. The predicted octanol–water partition coefficient (Wildman–Crippen LogP) is 1.00. The quantitative estimate of drug-likeness (QED) is 0.554. The topological polar surface area (TPSA) is 73.1 Å². The van der Waals surface area contributed by atoms with E-state index in [1.165, 1.54) is 12.7 Å². The highest BCUT2D eigenvalue weighted by atomic mass is 16.5. The number of hydrogen-bond donors (Lipinski definition) is 2. The normalized spacial score (nSPS) is 16.1. The molecule has 1 aliphatic rings. The Hall–Kier alpha value is -1.36. The number of anilines is 1. The summed E-state index contributed by atoms with van der Waals surface area (Å²) in [6, 6.07) is 0. The van der Waals surface area contributed by atoms with E-state index in [4.69, 9.17) is 10.6 Å². The van der Waals surface area contributed by atoms with Gasteiger partial charge in [-0.05, 0) is 26.2 Å². The second-order valence-electron chi connectivity index (χ2n) is 3.47. The highest BCUT2D eigenvalue weighted by Gasteiger charge is 2.21. The average molecular weight is 194 g/mol. The fourth-order valence-electron chi connectivity index (χ4n) is 1.34. The van der Waals surface area contributed by atoms with Crippen molar-refractivity contribution in [3.63, 3.8) is 0 Å². The summed E-state index contributed by atoms with van der Waals surface area (Å²) < 4.78 is 5.68.